The van der Waals surface area contributed by atoms with E-state index in [0.29, 0.717) is 17.6 Å². The van der Waals surface area contributed by atoms with Crippen LogP contribution in [0.3, 0.4) is 0 Å². The highest BCUT2D eigenvalue weighted by Gasteiger charge is 2.33. The maximum Gasteiger partial charge on any atom is 0.339 e. The van der Waals surface area contributed by atoms with Gasteiger partial charge in [0.25, 0.3) is 5.91 Å². The Morgan fingerprint density at radius 1 is 1.32 bits per heavy atom. The molecule has 0 bridgehead atoms. The largest absolute Gasteiger partial charge is 0.619 e. The molecule has 7 heteroatoms. The molecule has 2 rings (SSSR count). The Bertz CT molecular complexity index is 586. The Hall–Kier alpha value is -2.62. The van der Waals surface area contributed by atoms with Crippen molar-refractivity contribution in [3.8, 4) is 6.07 Å². The number of hydrogen-bond acceptors (Lipinski definition) is 5. The predicted molar refractivity (Wildman–Crippen MR) is 75.3 cm³/mol. The lowest BCUT2D eigenvalue weighted by atomic mass is 9.83. The number of carbonyl (C=O) groups is 2. The van der Waals surface area contributed by atoms with Gasteiger partial charge in [-0.1, -0.05) is 19.3 Å². The van der Waals surface area contributed by atoms with Crippen molar-refractivity contribution < 1.29 is 19.1 Å². The fraction of sp³-hybridized carbons (Fsp3) is 0.467. The number of pyridine rings is 1. The summed E-state index contributed by atoms with van der Waals surface area (Å²) >= 11 is 0. The molecule has 0 atom stereocenters. The summed E-state index contributed by atoms with van der Waals surface area (Å²) in [5.74, 6) is -1.18. The van der Waals surface area contributed by atoms with Gasteiger partial charge in [-0.2, -0.15) is 9.99 Å². The lowest BCUT2D eigenvalue weighted by molar-refractivity contribution is -0.605. The topological polar surface area (TPSA) is 106 Å². The fourth-order valence-electron chi connectivity index (χ4n) is 2.49. The zero-order valence-corrected chi connectivity index (χ0v) is 12.1. The smallest absolute Gasteiger partial charge is 0.339 e. The summed E-state index contributed by atoms with van der Waals surface area (Å²) in [4.78, 5) is 23.6. The van der Waals surface area contributed by atoms with E-state index in [4.69, 9.17) is 4.74 Å². The molecule has 1 saturated carbocycles. The average Bonchev–Trinajstić information content (AvgIpc) is 2.54. The van der Waals surface area contributed by atoms with E-state index in [1.54, 1.807) is 0 Å². The number of rotatable bonds is 4. The lowest BCUT2D eigenvalue weighted by Gasteiger charge is -2.31. The van der Waals surface area contributed by atoms with Crippen LogP contribution in [-0.2, 0) is 9.53 Å². The Balaban J connectivity index is 1.86. The third-order valence-electron chi connectivity index (χ3n) is 3.67. The van der Waals surface area contributed by atoms with E-state index in [9.17, 15) is 20.1 Å². The second kappa shape index (κ2) is 6.89. The van der Waals surface area contributed by atoms with Crippen LogP contribution in [0.15, 0.2) is 24.5 Å². The van der Waals surface area contributed by atoms with E-state index in [0.717, 1.165) is 19.3 Å². The van der Waals surface area contributed by atoms with Crippen molar-refractivity contribution in [1.82, 2.24) is 5.32 Å². The van der Waals surface area contributed by atoms with Crippen LogP contribution in [0.4, 0.5) is 0 Å². The van der Waals surface area contributed by atoms with Crippen LogP contribution in [0.1, 0.15) is 42.5 Å². The van der Waals surface area contributed by atoms with Gasteiger partial charge in [-0.3, -0.25) is 4.79 Å². The Kier molecular flexibility index (Phi) is 4.94. The van der Waals surface area contributed by atoms with E-state index in [1.165, 1.54) is 24.5 Å². The van der Waals surface area contributed by atoms with Crippen LogP contribution >= 0.6 is 0 Å². The maximum absolute atomic E-state index is 11.9. The SMILES string of the molecule is N#CC1(NC(=O)COC(=O)c2cc[n+]([O-])cc2)CCCCC1. The molecule has 1 heterocycles. The van der Waals surface area contributed by atoms with Gasteiger partial charge < -0.3 is 15.3 Å². The van der Waals surface area contributed by atoms with Crippen molar-refractivity contribution in [2.45, 2.75) is 37.6 Å². The number of hydrogen-bond donors (Lipinski definition) is 1. The molecule has 0 saturated heterocycles. The van der Waals surface area contributed by atoms with Crippen molar-refractivity contribution in [3.63, 3.8) is 0 Å². The fourth-order valence-corrected chi connectivity index (χ4v) is 2.49. The summed E-state index contributed by atoms with van der Waals surface area (Å²) in [5, 5.41) is 22.8. The average molecular weight is 303 g/mol. The predicted octanol–water partition coefficient (Wildman–Crippen LogP) is 0.819. The van der Waals surface area contributed by atoms with Crippen molar-refractivity contribution >= 4 is 11.9 Å². The highest BCUT2D eigenvalue weighted by atomic mass is 16.5. The van der Waals surface area contributed by atoms with Crippen LogP contribution in [0.5, 0.6) is 0 Å². The highest BCUT2D eigenvalue weighted by molar-refractivity contribution is 5.91. The highest BCUT2D eigenvalue weighted by Crippen LogP contribution is 2.27. The van der Waals surface area contributed by atoms with Crippen LogP contribution in [-0.4, -0.2) is 24.0 Å². The van der Waals surface area contributed by atoms with Gasteiger partial charge in [-0.25, -0.2) is 4.79 Å². The van der Waals surface area contributed by atoms with Crippen molar-refractivity contribution in [2.24, 2.45) is 0 Å². The molecule has 0 unspecified atom stereocenters. The van der Waals surface area contributed by atoms with Crippen LogP contribution in [0.25, 0.3) is 0 Å². The molecule has 116 valence electrons. The van der Waals surface area contributed by atoms with E-state index < -0.39 is 24.0 Å². The molecule has 1 amide bonds. The first-order valence-electron chi connectivity index (χ1n) is 7.13. The molecule has 7 nitrogen and oxygen atoms in total. The van der Waals surface area contributed by atoms with Crippen LogP contribution in [0, 0.1) is 16.5 Å². The quantitative estimate of drug-likeness (QED) is 0.503. The summed E-state index contributed by atoms with van der Waals surface area (Å²) in [5.41, 5.74) is -0.657. The van der Waals surface area contributed by atoms with E-state index in [-0.39, 0.29) is 5.56 Å². The van der Waals surface area contributed by atoms with Crippen molar-refractivity contribution in [1.29, 1.82) is 5.26 Å². The molecule has 1 aliphatic carbocycles. The van der Waals surface area contributed by atoms with Gasteiger partial charge >= 0.3 is 5.97 Å². The summed E-state index contributed by atoms with van der Waals surface area (Å²) < 4.78 is 5.43. The standard InChI is InChI=1S/C15H17N3O4/c16-11-15(6-2-1-3-7-15)17-13(19)10-22-14(20)12-4-8-18(21)9-5-12/h4-5,8-9H,1-3,6-7,10H2,(H,17,19). The third kappa shape index (κ3) is 3.95. The molecule has 0 radical (unpaired) electrons. The van der Waals surface area contributed by atoms with Gasteiger partial charge in [-0.15, -0.1) is 0 Å². The van der Waals surface area contributed by atoms with E-state index in [2.05, 4.69) is 11.4 Å². The minimum atomic E-state index is -0.845. The van der Waals surface area contributed by atoms with Crippen molar-refractivity contribution in [2.75, 3.05) is 6.61 Å². The summed E-state index contributed by atoms with van der Waals surface area (Å²) in [6, 6.07) is 4.79. The van der Waals surface area contributed by atoms with Gasteiger partial charge in [0.15, 0.2) is 19.0 Å². The van der Waals surface area contributed by atoms with Crippen LogP contribution in [0.2, 0.25) is 0 Å². The van der Waals surface area contributed by atoms with E-state index in [1.807, 2.05) is 0 Å². The normalized spacial score (nSPS) is 16.3. The number of carbonyl (C=O) groups excluding carboxylic acids is 2. The second-order valence-corrected chi connectivity index (χ2v) is 5.33. The van der Waals surface area contributed by atoms with Crippen LogP contribution < -0.4 is 10.0 Å². The molecule has 1 fully saturated rings. The first-order chi connectivity index (χ1) is 10.5. The molecule has 1 aliphatic rings. The number of nitrogens with zero attached hydrogens (tertiary/aromatic N) is 2. The molecule has 1 N–H and O–H groups in total. The van der Waals surface area contributed by atoms with Gasteiger partial charge in [-0.05, 0) is 12.8 Å². The monoisotopic (exact) mass is 303 g/mol. The second-order valence-electron chi connectivity index (χ2n) is 5.33. The Labute approximate surface area is 128 Å². The molecule has 22 heavy (non-hydrogen) atoms. The Morgan fingerprint density at radius 3 is 2.55 bits per heavy atom. The maximum atomic E-state index is 11.9. The number of aromatic nitrogens is 1. The van der Waals surface area contributed by atoms with Gasteiger partial charge in [0.1, 0.15) is 5.54 Å². The summed E-state index contributed by atoms with van der Waals surface area (Å²) in [7, 11) is 0. The first-order valence-corrected chi connectivity index (χ1v) is 7.13. The number of ether oxygens (including phenoxy) is 1. The molecule has 1 aromatic heterocycles. The minimum absolute atomic E-state index is 0.188. The van der Waals surface area contributed by atoms with E-state index >= 15 is 0 Å². The number of esters is 1. The third-order valence-corrected chi connectivity index (χ3v) is 3.67. The number of nitriles is 1. The van der Waals surface area contributed by atoms with Gasteiger partial charge in [0.05, 0.1) is 11.6 Å². The minimum Gasteiger partial charge on any atom is -0.619 e. The van der Waals surface area contributed by atoms with Gasteiger partial charge in [0.2, 0.25) is 0 Å². The zero-order chi connectivity index (χ0) is 16.0. The number of nitrogens with one attached hydrogen (secondary N) is 1. The molecule has 0 aliphatic heterocycles. The van der Waals surface area contributed by atoms with Crippen molar-refractivity contribution in [3.05, 3.63) is 35.3 Å². The number of amides is 1. The Morgan fingerprint density at radius 2 is 1.95 bits per heavy atom. The molecular weight excluding hydrogens is 286 g/mol. The summed E-state index contributed by atoms with van der Waals surface area (Å²) in [6.07, 6.45) is 6.42. The molecular formula is C15H17N3O4. The summed E-state index contributed by atoms with van der Waals surface area (Å²) in [6.45, 7) is -0.450. The lowest BCUT2D eigenvalue weighted by Crippen LogP contribution is -2.50. The molecule has 1 aromatic rings. The molecule has 0 spiro atoms. The first kappa shape index (κ1) is 15.8. The zero-order valence-electron chi connectivity index (χ0n) is 12.1. The van der Waals surface area contributed by atoms with Gasteiger partial charge in [0, 0.05) is 12.1 Å². The molecule has 0 aromatic carbocycles.